The zero-order valence-corrected chi connectivity index (χ0v) is 15.5. The molecule has 138 valence electrons. The van der Waals surface area contributed by atoms with Crippen molar-refractivity contribution in [3.8, 4) is 0 Å². The Kier molecular flexibility index (Phi) is 4.39. The summed E-state index contributed by atoms with van der Waals surface area (Å²) in [6, 6.07) is 13.4. The third-order valence-electron chi connectivity index (χ3n) is 4.94. The number of benzene rings is 2. The minimum absolute atomic E-state index is 0.0271. The number of aryl methyl sites for hydroxylation is 1. The molecule has 0 aliphatic carbocycles. The second kappa shape index (κ2) is 6.87. The lowest BCUT2D eigenvalue weighted by Crippen LogP contribution is -2.25. The first-order chi connectivity index (χ1) is 13.1. The molecule has 27 heavy (non-hydrogen) atoms. The normalized spacial score (nSPS) is 13.0. The van der Waals surface area contributed by atoms with Crippen LogP contribution in [0.4, 0.5) is 11.6 Å². The van der Waals surface area contributed by atoms with Crippen LogP contribution < -0.4 is 10.2 Å². The summed E-state index contributed by atoms with van der Waals surface area (Å²) in [4.78, 5) is 30.8. The van der Waals surface area contributed by atoms with Gasteiger partial charge in [-0.1, -0.05) is 19.1 Å². The molecule has 1 aliphatic heterocycles. The number of rotatable bonds is 4. The standard InChI is InChI=1S/C21H22N4O2/c1-3-11-25-19-7-5-4-6-17(19)22-21(25)23-20(27)16-8-9-18-15(13-16)10-12-24(18)14(2)26/h4-9,13H,3,10-12H2,1-2H3,(H,22,23,27). The van der Waals surface area contributed by atoms with Gasteiger partial charge < -0.3 is 9.47 Å². The molecule has 0 atom stereocenters. The van der Waals surface area contributed by atoms with Crippen LogP contribution in [0.5, 0.6) is 0 Å². The number of nitrogens with zero attached hydrogens (tertiary/aromatic N) is 3. The molecule has 4 rings (SSSR count). The summed E-state index contributed by atoms with van der Waals surface area (Å²) in [5.74, 6) is 0.403. The fraction of sp³-hybridized carbons (Fsp3) is 0.286. The molecule has 2 amide bonds. The molecule has 6 nitrogen and oxygen atoms in total. The molecule has 1 N–H and O–H groups in total. The van der Waals surface area contributed by atoms with Crippen LogP contribution in [0.15, 0.2) is 42.5 Å². The van der Waals surface area contributed by atoms with Gasteiger partial charge in [-0.25, -0.2) is 4.98 Å². The Balaban J connectivity index is 1.63. The minimum atomic E-state index is -0.188. The highest BCUT2D eigenvalue weighted by Crippen LogP contribution is 2.29. The average molecular weight is 362 g/mol. The first kappa shape index (κ1) is 17.3. The van der Waals surface area contributed by atoms with Gasteiger partial charge in [0.2, 0.25) is 11.9 Å². The van der Waals surface area contributed by atoms with Crippen LogP contribution in [-0.2, 0) is 17.8 Å². The number of hydrogen-bond donors (Lipinski definition) is 1. The number of amides is 2. The molecule has 2 heterocycles. The van der Waals surface area contributed by atoms with Crippen LogP contribution in [0.25, 0.3) is 11.0 Å². The molecule has 1 aromatic heterocycles. The van der Waals surface area contributed by atoms with E-state index in [1.807, 2.05) is 41.0 Å². The largest absolute Gasteiger partial charge is 0.312 e. The summed E-state index contributed by atoms with van der Waals surface area (Å²) in [6.45, 7) is 5.12. The molecule has 6 heteroatoms. The Hall–Kier alpha value is -3.15. The Morgan fingerprint density at radius 2 is 2.00 bits per heavy atom. The molecule has 0 saturated carbocycles. The fourth-order valence-electron chi connectivity index (χ4n) is 3.66. The molecule has 3 aromatic rings. The van der Waals surface area contributed by atoms with Crippen LogP contribution >= 0.6 is 0 Å². The van der Waals surface area contributed by atoms with Gasteiger partial charge in [0.1, 0.15) is 0 Å². The van der Waals surface area contributed by atoms with Crippen molar-refractivity contribution in [1.29, 1.82) is 0 Å². The average Bonchev–Trinajstić information content (AvgIpc) is 3.23. The predicted molar refractivity (Wildman–Crippen MR) is 106 cm³/mol. The highest BCUT2D eigenvalue weighted by atomic mass is 16.2. The number of para-hydroxylation sites is 2. The zero-order valence-electron chi connectivity index (χ0n) is 15.5. The number of anilines is 2. The van der Waals surface area contributed by atoms with Gasteiger partial charge in [-0.05, 0) is 48.7 Å². The highest BCUT2D eigenvalue weighted by Gasteiger charge is 2.23. The number of imidazole rings is 1. The molecule has 0 bridgehead atoms. The van der Waals surface area contributed by atoms with Crippen molar-refractivity contribution in [2.24, 2.45) is 0 Å². The smallest absolute Gasteiger partial charge is 0.257 e. The van der Waals surface area contributed by atoms with Crippen molar-refractivity contribution < 1.29 is 9.59 Å². The van der Waals surface area contributed by atoms with Crippen molar-refractivity contribution in [3.05, 3.63) is 53.6 Å². The third kappa shape index (κ3) is 3.07. The van der Waals surface area contributed by atoms with E-state index in [-0.39, 0.29) is 11.8 Å². The number of fused-ring (bicyclic) bond motifs is 2. The quantitative estimate of drug-likeness (QED) is 0.771. The van der Waals surface area contributed by atoms with Crippen LogP contribution in [0.1, 0.15) is 36.2 Å². The van der Waals surface area contributed by atoms with E-state index in [0.717, 1.165) is 41.7 Å². The second-order valence-electron chi connectivity index (χ2n) is 6.79. The molecular formula is C21H22N4O2. The summed E-state index contributed by atoms with van der Waals surface area (Å²) in [5, 5.41) is 2.96. The summed E-state index contributed by atoms with van der Waals surface area (Å²) in [5.41, 5.74) is 4.39. The first-order valence-corrected chi connectivity index (χ1v) is 9.26. The van der Waals surface area contributed by atoms with Gasteiger partial charge in [0.05, 0.1) is 11.0 Å². The SMILES string of the molecule is CCCn1c(NC(=O)c2ccc3c(c2)CCN3C(C)=O)nc2ccccc21. The third-order valence-corrected chi connectivity index (χ3v) is 4.94. The lowest BCUT2D eigenvalue weighted by molar-refractivity contribution is -0.116. The molecule has 0 radical (unpaired) electrons. The predicted octanol–water partition coefficient (Wildman–Crippen LogP) is 3.61. The number of carbonyl (C=O) groups is 2. The van der Waals surface area contributed by atoms with E-state index < -0.39 is 0 Å². The van der Waals surface area contributed by atoms with Crippen LogP contribution in [0.2, 0.25) is 0 Å². The number of aromatic nitrogens is 2. The fourth-order valence-corrected chi connectivity index (χ4v) is 3.66. The van der Waals surface area contributed by atoms with Crippen LogP contribution in [0, 0.1) is 0 Å². The van der Waals surface area contributed by atoms with E-state index in [0.29, 0.717) is 18.1 Å². The molecule has 0 fully saturated rings. The van der Waals surface area contributed by atoms with E-state index in [2.05, 4.69) is 17.2 Å². The van der Waals surface area contributed by atoms with E-state index in [4.69, 9.17) is 0 Å². The van der Waals surface area contributed by atoms with Gasteiger partial charge in [0, 0.05) is 31.3 Å². The maximum Gasteiger partial charge on any atom is 0.257 e. The Bertz CT molecular complexity index is 1040. The summed E-state index contributed by atoms with van der Waals surface area (Å²) < 4.78 is 2.04. The number of carbonyl (C=O) groups excluding carboxylic acids is 2. The molecule has 1 aliphatic rings. The van der Waals surface area contributed by atoms with Crippen molar-refractivity contribution >= 4 is 34.5 Å². The summed E-state index contributed by atoms with van der Waals surface area (Å²) in [6.07, 6.45) is 1.72. The van der Waals surface area contributed by atoms with E-state index in [1.165, 1.54) is 0 Å². The van der Waals surface area contributed by atoms with Gasteiger partial charge in [0.25, 0.3) is 5.91 Å². The Labute approximate surface area is 157 Å². The van der Waals surface area contributed by atoms with Crippen LogP contribution in [0.3, 0.4) is 0 Å². The lowest BCUT2D eigenvalue weighted by Gasteiger charge is -2.15. The van der Waals surface area contributed by atoms with E-state index in [9.17, 15) is 9.59 Å². The topological polar surface area (TPSA) is 67.2 Å². The molecule has 2 aromatic carbocycles. The molecule has 0 spiro atoms. The van der Waals surface area contributed by atoms with Crippen molar-refractivity contribution in [1.82, 2.24) is 9.55 Å². The monoisotopic (exact) mass is 362 g/mol. The Morgan fingerprint density at radius 1 is 1.19 bits per heavy atom. The molecular weight excluding hydrogens is 340 g/mol. The number of hydrogen-bond acceptors (Lipinski definition) is 3. The van der Waals surface area contributed by atoms with E-state index in [1.54, 1.807) is 17.9 Å². The summed E-state index contributed by atoms with van der Waals surface area (Å²) in [7, 11) is 0. The van der Waals surface area contributed by atoms with Gasteiger partial charge >= 0.3 is 0 Å². The molecule has 0 unspecified atom stereocenters. The van der Waals surface area contributed by atoms with Gasteiger partial charge in [-0.3, -0.25) is 14.9 Å². The van der Waals surface area contributed by atoms with Crippen molar-refractivity contribution in [2.45, 2.75) is 33.2 Å². The number of nitrogens with one attached hydrogen (secondary N) is 1. The van der Waals surface area contributed by atoms with Crippen molar-refractivity contribution in [2.75, 3.05) is 16.8 Å². The second-order valence-corrected chi connectivity index (χ2v) is 6.79. The zero-order chi connectivity index (χ0) is 19.0. The summed E-state index contributed by atoms with van der Waals surface area (Å²) >= 11 is 0. The van der Waals surface area contributed by atoms with E-state index >= 15 is 0 Å². The Morgan fingerprint density at radius 3 is 2.78 bits per heavy atom. The first-order valence-electron chi connectivity index (χ1n) is 9.26. The maximum absolute atomic E-state index is 12.8. The lowest BCUT2D eigenvalue weighted by atomic mass is 10.1. The van der Waals surface area contributed by atoms with Gasteiger partial charge in [-0.2, -0.15) is 0 Å². The van der Waals surface area contributed by atoms with Crippen LogP contribution in [-0.4, -0.2) is 27.9 Å². The highest BCUT2D eigenvalue weighted by molar-refractivity contribution is 6.05. The molecule has 0 saturated heterocycles. The maximum atomic E-state index is 12.8. The van der Waals surface area contributed by atoms with Crippen molar-refractivity contribution in [3.63, 3.8) is 0 Å². The van der Waals surface area contributed by atoms with Gasteiger partial charge in [-0.15, -0.1) is 0 Å². The minimum Gasteiger partial charge on any atom is -0.312 e. The van der Waals surface area contributed by atoms with Gasteiger partial charge in [0.15, 0.2) is 0 Å².